The highest BCUT2D eigenvalue weighted by molar-refractivity contribution is 5.83. The summed E-state index contributed by atoms with van der Waals surface area (Å²) in [6.45, 7) is 1.16. The van der Waals surface area contributed by atoms with Gasteiger partial charge in [0.05, 0.1) is 0 Å². The fourth-order valence-electron chi connectivity index (χ4n) is 2.71. The summed E-state index contributed by atoms with van der Waals surface area (Å²) >= 11 is 0. The maximum Gasteiger partial charge on any atom is 0.0457 e. The van der Waals surface area contributed by atoms with E-state index in [2.05, 4.69) is 34.6 Å². The van der Waals surface area contributed by atoms with E-state index in [1.54, 1.807) is 0 Å². The number of rotatable bonds is 1. The molecular weight excluding hydrogens is 196 g/mol. The van der Waals surface area contributed by atoms with E-state index in [-0.39, 0.29) is 0 Å². The summed E-state index contributed by atoms with van der Waals surface area (Å²) in [6.07, 6.45) is 7.33. The van der Waals surface area contributed by atoms with Crippen LogP contribution in [0.25, 0.3) is 10.9 Å². The van der Waals surface area contributed by atoms with Gasteiger partial charge in [0.15, 0.2) is 0 Å². The quantitative estimate of drug-likeness (QED) is 0.748. The Balaban J connectivity index is 2.00. The summed E-state index contributed by atoms with van der Waals surface area (Å²) in [7, 11) is 0. The second-order valence-corrected chi connectivity index (χ2v) is 4.64. The molecule has 1 aromatic heterocycles. The number of fused-ring (bicyclic) bond motifs is 1. The summed E-state index contributed by atoms with van der Waals surface area (Å²) < 4.78 is 0. The Kier molecular flexibility index (Phi) is 2.66. The van der Waals surface area contributed by atoms with E-state index in [1.165, 1.54) is 42.1 Å². The molecule has 0 bridgehead atoms. The Morgan fingerprint density at radius 3 is 3.06 bits per heavy atom. The predicted molar refractivity (Wildman–Crippen MR) is 67.5 cm³/mol. The van der Waals surface area contributed by atoms with E-state index in [4.69, 9.17) is 0 Å². The van der Waals surface area contributed by atoms with Gasteiger partial charge in [-0.25, -0.2) is 0 Å². The van der Waals surface area contributed by atoms with Gasteiger partial charge >= 0.3 is 0 Å². The van der Waals surface area contributed by atoms with Crippen LogP contribution in [0.15, 0.2) is 30.5 Å². The zero-order valence-corrected chi connectivity index (χ0v) is 9.50. The van der Waals surface area contributed by atoms with Crippen LogP contribution in [0.3, 0.4) is 0 Å². The van der Waals surface area contributed by atoms with Crippen molar-refractivity contribution in [2.24, 2.45) is 0 Å². The van der Waals surface area contributed by atoms with E-state index in [0.717, 1.165) is 6.54 Å². The van der Waals surface area contributed by atoms with Gasteiger partial charge in [0.2, 0.25) is 0 Å². The van der Waals surface area contributed by atoms with E-state index < -0.39 is 0 Å². The molecule has 0 saturated carbocycles. The van der Waals surface area contributed by atoms with Gasteiger partial charge in [0.25, 0.3) is 0 Å². The third-order valence-electron chi connectivity index (χ3n) is 3.56. The van der Waals surface area contributed by atoms with Crippen molar-refractivity contribution < 1.29 is 0 Å². The summed E-state index contributed by atoms with van der Waals surface area (Å²) in [5, 5.41) is 5.04. The highest BCUT2D eigenvalue weighted by Gasteiger charge is 2.15. The lowest BCUT2D eigenvalue weighted by molar-refractivity contribution is 0.538. The molecule has 1 saturated heterocycles. The summed E-state index contributed by atoms with van der Waals surface area (Å²) in [5.74, 6) is 0. The molecule has 1 unspecified atom stereocenters. The summed E-state index contributed by atoms with van der Waals surface area (Å²) in [4.78, 5) is 3.29. The van der Waals surface area contributed by atoms with Crippen molar-refractivity contribution in [1.82, 2.24) is 10.3 Å². The molecule has 2 N–H and O–H groups in total. The predicted octanol–water partition coefficient (Wildman–Crippen LogP) is 3.37. The van der Waals surface area contributed by atoms with Gasteiger partial charge in [0, 0.05) is 23.1 Å². The van der Waals surface area contributed by atoms with Crippen LogP contribution in [0.2, 0.25) is 0 Å². The molecule has 2 aromatic rings. The van der Waals surface area contributed by atoms with Crippen LogP contribution in [0, 0.1) is 0 Å². The van der Waals surface area contributed by atoms with Crippen LogP contribution in [-0.4, -0.2) is 11.5 Å². The largest absolute Gasteiger partial charge is 0.361 e. The fraction of sp³-hybridized carbons (Fsp3) is 0.429. The minimum absolute atomic E-state index is 0.544. The van der Waals surface area contributed by atoms with Crippen molar-refractivity contribution in [3.05, 3.63) is 36.0 Å². The first-order valence-corrected chi connectivity index (χ1v) is 6.24. The van der Waals surface area contributed by atoms with Crippen molar-refractivity contribution in [2.45, 2.75) is 31.7 Å². The molecule has 0 aliphatic carbocycles. The van der Waals surface area contributed by atoms with Gasteiger partial charge in [-0.05, 0) is 37.1 Å². The van der Waals surface area contributed by atoms with Crippen molar-refractivity contribution in [3.63, 3.8) is 0 Å². The number of hydrogen-bond acceptors (Lipinski definition) is 1. The third kappa shape index (κ3) is 1.74. The molecule has 16 heavy (non-hydrogen) atoms. The standard InChI is InChI=1S/C14H18N2/c1-2-6-13(15-9-3-1)11-5-4-7-14-12(11)8-10-16-14/h4-5,7-8,10,13,15-16H,1-3,6,9H2. The van der Waals surface area contributed by atoms with E-state index in [1.807, 2.05) is 6.20 Å². The molecule has 1 aliphatic rings. The molecule has 1 atom stereocenters. The minimum atomic E-state index is 0.544. The maximum atomic E-state index is 3.67. The lowest BCUT2D eigenvalue weighted by Crippen LogP contribution is -2.20. The molecule has 2 heteroatoms. The zero-order chi connectivity index (χ0) is 10.8. The second kappa shape index (κ2) is 4.30. The molecule has 0 spiro atoms. The normalized spacial score (nSPS) is 22.1. The number of nitrogens with one attached hydrogen (secondary N) is 2. The molecule has 84 valence electrons. The molecule has 1 aliphatic heterocycles. The molecular formula is C14H18N2. The van der Waals surface area contributed by atoms with Crippen molar-refractivity contribution >= 4 is 10.9 Å². The average Bonchev–Trinajstić information content (AvgIpc) is 2.63. The van der Waals surface area contributed by atoms with Gasteiger partial charge in [-0.2, -0.15) is 0 Å². The van der Waals surface area contributed by atoms with Crippen molar-refractivity contribution in [3.8, 4) is 0 Å². The van der Waals surface area contributed by atoms with E-state index in [9.17, 15) is 0 Å². The van der Waals surface area contributed by atoms with Crippen LogP contribution in [0.5, 0.6) is 0 Å². The first-order valence-electron chi connectivity index (χ1n) is 6.24. The Labute approximate surface area is 96.1 Å². The minimum Gasteiger partial charge on any atom is -0.361 e. The SMILES string of the molecule is c1cc(C2CCCCCN2)c2cc[nH]c2c1. The smallest absolute Gasteiger partial charge is 0.0457 e. The molecule has 1 fully saturated rings. The van der Waals surface area contributed by atoms with Crippen LogP contribution in [0.4, 0.5) is 0 Å². The summed E-state index contributed by atoms with van der Waals surface area (Å²) in [5.41, 5.74) is 2.71. The first kappa shape index (κ1) is 9.91. The number of aromatic amines is 1. The molecule has 2 nitrogen and oxygen atoms in total. The highest BCUT2D eigenvalue weighted by atomic mass is 14.9. The number of benzene rings is 1. The Morgan fingerprint density at radius 1 is 1.06 bits per heavy atom. The monoisotopic (exact) mass is 214 g/mol. The number of aromatic nitrogens is 1. The van der Waals surface area contributed by atoms with Gasteiger partial charge in [-0.1, -0.05) is 25.0 Å². The first-order chi connectivity index (χ1) is 7.95. The third-order valence-corrected chi connectivity index (χ3v) is 3.56. The van der Waals surface area contributed by atoms with Crippen LogP contribution < -0.4 is 5.32 Å². The van der Waals surface area contributed by atoms with Gasteiger partial charge < -0.3 is 10.3 Å². The maximum absolute atomic E-state index is 3.67. The van der Waals surface area contributed by atoms with E-state index in [0.29, 0.717) is 6.04 Å². The zero-order valence-electron chi connectivity index (χ0n) is 9.50. The van der Waals surface area contributed by atoms with Crippen LogP contribution >= 0.6 is 0 Å². The van der Waals surface area contributed by atoms with Gasteiger partial charge in [-0.15, -0.1) is 0 Å². The van der Waals surface area contributed by atoms with Gasteiger partial charge in [0.1, 0.15) is 0 Å². The lowest BCUT2D eigenvalue weighted by Gasteiger charge is -2.17. The molecule has 0 amide bonds. The number of hydrogen-bond donors (Lipinski definition) is 2. The highest BCUT2D eigenvalue weighted by Crippen LogP contribution is 2.28. The molecule has 1 aromatic carbocycles. The number of H-pyrrole nitrogens is 1. The van der Waals surface area contributed by atoms with Crippen molar-refractivity contribution in [2.75, 3.05) is 6.54 Å². The van der Waals surface area contributed by atoms with E-state index >= 15 is 0 Å². The summed E-state index contributed by atoms with van der Waals surface area (Å²) in [6, 6.07) is 9.30. The van der Waals surface area contributed by atoms with Crippen molar-refractivity contribution in [1.29, 1.82) is 0 Å². The van der Waals surface area contributed by atoms with Gasteiger partial charge in [-0.3, -0.25) is 0 Å². The topological polar surface area (TPSA) is 27.8 Å². The Morgan fingerprint density at radius 2 is 2.06 bits per heavy atom. The molecule has 0 radical (unpaired) electrons. The Hall–Kier alpha value is -1.28. The van der Waals surface area contributed by atoms with Crippen LogP contribution in [0.1, 0.15) is 37.3 Å². The Bertz CT molecular complexity index is 464. The van der Waals surface area contributed by atoms with Crippen LogP contribution in [-0.2, 0) is 0 Å². The molecule has 3 rings (SSSR count). The second-order valence-electron chi connectivity index (χ2n) is 4.64. The fourth-order valence-corrected chi connectivity index (χ4v) is 2.71. The lowest BCUT2D eigenvalue weighted by atomic mass is 9.99. The average molecular weight is 214 g/mol. The molecule has 2 heterocycles.